The summed E-state index contributed by atoms with van der Waals surface area (Å²) < 4.78 is 5.10. The second kappa shape index (κ2) is 9.61. The largest absolute Gasteiger partial charge is 0.361 e. The minimum absolute atomic E-state index is 0. The van der Waals surface area contributed by atoms with E-state index in [1.807, 2.05) is 17.9 Å². The van der Waals surface area contributed by atoms with Gasteiger partial charge in [-0.15, -0.1) is 24.8 Å². The van der Waals surface area contributed by atoms with Gasteiger partial charge in [-0.1, -0.05) is 11.6 Å². The van der Waals surface area contributed by atoms with Crippen molar-refractivity contribution < 1.29 is 9.32 Å². The third-order valence-corrected chi connectivity index (χ3v) is 4.94. The molecule has 1 saturated carbocycles. The van der Waals surface area contributed by atoms with Crippen LogP contribution in [0.15, 0.2) is 10.6 Å². The Morgan fingerprint density at radius 3 is 2.54 bits per heavy atom. The van der Waals surface area contributed by atoms with Gasteiger partial charge in [-0.25, -0.2) is 0 Å². The molecule has 0 aromatic carbocycles. The van der Waals surface area contributed by atoms with Gasteiger partial charge in [0.15, 0.2) is 0 Å². The van der Waals surface area contributed by atoms with E-state index in [-0.39, 0.29) is 36.8 Å². The highest BCUT2D eigenvalue weighted by molar-refractivity contribution is 5.85. The Kier molecular flexibility index (Phi) is 8.50. The van der Waals surface area contributed by atoms with Crippen molar-refractivity contribution in [2.45, 2.75) is 45.2 Å². The molecule has 8 heteroatoms. The maximum Gasteiger partial charge on any atom is 0.222 e. The van der Waals surface area contributed by atoms with Crippen LogP contribution in [-0.4, -0.2) is 53.1 Å². The van der Waals surface area contributed by atoms with Crippen LogP contribution in [-0.2, 0) is 11.3 Å². The number of carbonyl (C=O) groups is 1. The maximum atomic E-state index is 12.4. The van der Waals surface area contributed by atoms with E-state index in [0.717, 1.165) is 57.0 Å². The molecule has 6 nitrogen and oxygen atoms in total. The highest BCUT2D eigenvalue weighted by Gasteiger charge is 2.29. The molecule has 1 aliphatic carbocycles. The standard InChI is InChI=1S/C16H26N4O2.2ClH/c1-12-9-14(18-22-12)11-19-5-7-20(8-6-19)16(21)10-13-3-2-4-15(13)17;;/h9,13,15H,2-8,10-11,17H2,1H3;2*1H/t13-,15+;;/m0../s1. The van der Waals surface area contributed by atoms with Gasteiger partial charge in [0.05, 0.1) is 5.69 Å². The molecule has 24 heavy (non-hydrogen) atoms. The topological polar surface area (TPSA) is 75.6 Å². The van der Waals surface area contributed by atoms with Gasteiger partial charge in [0.2, 0.25) is 5.91 Å². The van der Waals surface area contributed by atoms with Gasteiger partial charge < -0.3 is 15.2 Å². The molecule has 0 unspecified atom stereocenters. The number of hydrogen-bond donors (Lipinski definition) is 1. The molecule has 1 amide bonds. The first-order valence-electron chi connectivity index (χ1n) is 8.30. The van der Waals surface area contributed by atoms with E-state index in [2.05, 4.69) is 10.1 Å². The maximum absolute atomic E-state index is 12.4. The fourth-order valence-corrected chi connectivity index (χ4v) is 3.55. The van der Waals surface area contributed by atoms with Gasteiger partial charge in [-0.3, -0.25) is 9.69 Å². The van der Waals surface area contributed by atoms with Crippen LogP contribution in [0.2, 0.25) is 0 Å². The van der Waals surface area contributed by atoms with Crippen molar-refractivity contribution in [1.82, 2.24) is 15.0 Å². The summed E-state index contributed by atoms with van der Waals surface area (Å²) >= 11 is 0. The number of amides is 1. The number of rotatable bonds is 4. The molecule has 0 spiro atoms. The molecule has 2 heterocycles. The zero-order chi connectivity index (χ0) is 15.5. The Bertz CT molecular complexity index is 518. The third-order valence-electron chi connectivity index (χ3n) is 4.94. The van der Waals surface area contributed by atoms with Gasteiger partial charge in [-0.05, 0) is 25.7 Å². The number of carbonyl (C=O) groups excluding carboxylic acids is 1. The third kappa shape index (κ3) is 5.34. The predicted molar refractivity (Wildman–Crippen MR) is 97.5 cm³/mol. The second-order valence-electron chi connectivity index (χ2n) is 6.64. The summed E-state index contributed by atoms with van der Waals surface area (Å²) in [6.07, 6.45) is 3.98. The first kappa shape index (κ1) is 21.2. The van der Waals surface area contributed by atoms with Crippen LogP contribution >= 0.6 is 24.8 Å². The summed E-state index contributed by atoms with van der Waals surface area (Å²) in [6.45, 7) is 6.10. The number of hydrogen-bond acceptors (Lipinski definition) is 5. The average Bonchev–Trinajstić information content (AvgIpc) is 3.09. The van der Waals surface area contributed by atoms with Gasteiger partial charge in [0, 0.05) is 51.3 Å². The highest BCUT2D eigenvalue weighted by atomic mass is 35.5. The van der Waals surface area contributed by atoms with Crippen molar-refractivity contribution in [3.05, 3.63) is 17.5 Å². The Hall–Kier alpha value is -0.820. The number of aryl methyl sites for hydroxylation is 1. The molecular weight excluding hydrogens is 351 g/mol. The lowest BCUT2D eigenvalue weighted by atomic mass is 9.99. The summed E-state index contributed by atoms with van der Waals surface area (Å²) in [6, 6.07) is 2.19. The van der Waals surface area contributed by atoms with Crippen molar-refractivity contribution >= 4 is 30.7 Å². The van der Waals surface area contributed by atoms with Crippen LogP contribution in [0.25, 0.3) is 0 Å². The van der Waals surface area contributed by atoms with E-state index < -0.39 is 0 Å². The normalized spacial score (nSPS) is 24.3. The van der Waals surface area contributed by atoms with Crippen LogP contribution in [0.1, 0.15) is 37.1 Å². The zero-order valence-electron chi connectivity index (χ0n) is 14.1. The quantitative estimate of drug-likeness (QED) is 0.866. The SMILES string of the molecule is Cc1cc(CN2CCN(C(=O)C[C@@H]3CCC[C@H]3N)CC2)no1.Cl.Cl. The highest BCUT2D eigenvalue weighted by Crippen LogP contribution is 2.27. The summed E-state index contributed by atoms with van der Waals surface area (Å²) in [5.74, 6) is 1.51. The van der Waals surface area contributed by atoms with Crippen LogP contribution in [0, 0.1) is 12.8 Å². The van der Waals surface area contributed by atoms with E-state index in [4.69, 9.17) is 10.3 Å². The molecular formula is C16H28Cl2N4O2. The summed E-state index contributed by atoms with van der Waals surface area (Å²) in [5, 5.41) is 4.03. The lowest BCUT2D eigenvalue weighted by Gasteiger charge is -2.35. The molecule has 1 saturated heterocycles. The molecule has 1 aromatic rings. The van der Waals surface area contributed by atoms with E-state index >= 15 is 0 Å². The fourth-order valence-electron chi connectivity index (χ4n) is 3.55. The smallest absolute Gasteiger partial charge is 0.222 e. The van der Waals surface area contributed by atoms with Crippen LogP contribution in [0.4, 0.5) is 0 Å². The van der Waals surface area contributed by atoms with Gasteiger partial charge >= 0.3 is 0 Å². The van der Waals surface area contributed by atoms with Gasteiger partial charge in [0.25, 0.3) is 0 Å². The average molecular weight is 379 g/mol. The Morgan fingerprint density at radius 1 is 1.29 bits per heavy atom. The Balaban J connectivity index is 0.00000144. The van der Waals surface area contributed by atoms with Gasteiger partial charge in [-0.2, -0.15) is 0 Å². The van der Waals surface area contributed by atoms with Crippen molar-refractivity contribution in [1.29, 1.82) is 0 Å². The zero-order valence-corrected chi connectivity index (χ0v) is 15.8. The number of nitrogens with zero attached hydrogens (tertiary/aromatic N) is 3. The van der Waals surface area contributed by atoms with E-state index in [9.17, 15) is 4.79 Å². The molecule has 1 aromatic heterocycles. The molecule has 3 rings (SSSR count). The molecule has 2 fully saturated rings. The van der Waals surface area contributed by atoms with Gasteiger partial charge in [0.1, 0.15) is 5.76 Å². The predicted octanol–water partition coefficient (Wildman–Crippen LogP) is 1.99. The molecule has 0 bridgehead atoms. The van der Waals surface area contributed by atoms with E-state index in [1.54, 1.807) is 0 Å². The first-order valence-corrected chi connectivity index (χ1v) is 8.30. The summed E-state index contributed by atoms with van der Waals surface area (Å²) in [7, 11) is 0. The minimum Gasteiger partial charge on any atom is -0.361 e. The summed E-state index contributed by atoms with van der Waals surface area (Å²) in [4.78, 5) is 16.7. The molecule has 2 N–H and O–H groups in total. The number of halogens is 2. The molecule has 1 aliphatic heterocycles. The number of nitrogens with two attached hydrogens (primary N) is 1. The van der Waals surface area contributed by atoms with Crippen LogP contribution in [0.3, 0.4) is 0 Å². The molecule has 138 valence electrons. The van der Waals surface area contributed by atoms with Crippen LogP contribution < -0.4 is 5.73 Å². The number of piperazine rings is 1. The number of aromatic nitrogens is 1. The monoisotopic (exact) mass is 378 g/mol. The Morgan fingerprint density at radius 2 is 2.00 bits per heavy atom. The van der Waals surface area contributed by atoms with E-state index in [1.165, 1.54) is 6.42 Å². The van der Waals surface area contributed by atoms with Crippen molar-refractivity contribution in [3.8, 4) is 0 Å². The minimum atomic E-state index is 0. The first-order chi connectivity index (χ1) is 10.6. The lowest BCUT2D eigenvalue weighted by molar-refractivity contribution is -0.134. The molecule has 0 radical (unpaired) electrons. The second-order valence-corrected chi connectivity index (χ2v) is 6.64. The van der Waals surface area contributed by atoms with Crippen molar-refractivity contribution in [2.75, 3.05) is 26.2 Å². The van der Waals surface area contributed by atoms with Crippen molar-refractivity contribution in [2.24, 2.45) is 11.7 Å². The molecule has 2 aliphatic rings. The summed E-state index contributed by atoms with van der Waals surface area (Å²) in [5.41, 5.74) is 7.04. The lowest BCUT2D eigenvalue weighted by Crippen LogP contribution is -2.49. The van der Waals surface area contributed by atoms with E-state index in [0.29, 0.717) is 12.3 Å². The molecule has 2 atom stereocenters. The van der Waals surface area contributed by atoms with Crippen LogP contribution in [0.5, 0.6) is 0 Å². The van der Waals surface area contributed by atoms with Crippen molar-refractivity contribution in [3.63, 3.8) is 0 Å². The Labute approximate surface area is 155 Å². The fraction of sp³-hybridized carbons (Fsp3) is 0.750.